The lowest BCUT2D eigenvalue weighted by molar-refractivity contribution is 0.0628. The van der Waals surface area contributed by atoms with E-state index in [9.17, 15) is 4.79 Å². The molecule has 1 amide bonds. The standard InChI is InChI=1S/C19H21IN2O/c1-15-4-2-3-5-17(15)14-21-10-12-22(13-11-21)19(23)16-6-8-18(20)9-7-16/h2-9H,10-14H2,1H3. The van der Waals surface area contributed by atoms with Crippen molar-refractivity contribution in [2.45, 2.75) is 13.5 Å². The van der Waals surface area contributed by atoms with Crippen LogP contribution in [0.5, 0.6) is 0 Å². The molecule has 2 aromatic carbocycles. The van der Waals surface area contributed by atoms with Gasteiger partial charge in [0.05, 0.1) is 0 Å². The minimum Gasteiger partial charge on any atom is -0.336 e. The summed E-state index contributed by atoms with van der Waals surface area (Å²) < 4.78 is 1.15. The number of amides is 1. The molecule has 120 valence electrons. The Bertz CT molecular complexity index is 676. The van der Waals surface area contributed by atoms with Gasteiger partial charge in [-0.3, -0.25) is 9.69 Å². The summed E-state index contributed by atoms with van der Waals surface area (Å²) in [5.74, 6) is 0.150. The Balaban J connectivity index is 1.57. The molecule has 2 aromatic rings. The number of carbonyl (C=O) groups is 1. The summed E-state index contributed by atoms with van der Waals surface area (Å²) in [4.78, 5) is 16.9. The third-order valence-electron chi connectivity index (χ3n) is 4.41. The zero-order valence-corrected chi connectivity index (χ0v) is 15.5. The molecule has 0 bridgehead atoms. The Hall–Kier alpha value is -1.40. The van der Waals surface area contributed by atoms with Crippen LogP contribution in [0.15, 0.2) is 48.5 Å². The number of benzene rings is 2. The molecule has 0 unspecified atom stereocenters. The van der Waals surface area contributed by atoms with Crippen LogP contribution in [-0.4, -0.2) is 41.9 Å². The zero-order chi connectivity index (χ0) is 16.2. The maximum absolute atomic E-state index is 12.5. The number of aryl methyl sites for hydroxylation is 1. The minimum atomic E-state index is 0.150. The number of rotatable bonds is 3. The Morgan fingerprint density at radius 3 is 2.30 bits per heavy atom. The molecular weight excluding hydrogens is 399 g/mol. The smallest absolute Gasteiger partial charge is 0.253 e. The molecule has 0 N–H and O–H groups in total. The van der Waals surface area contributed by atoms with Crippen LogP contribution in [0.25, 0.3) is 0 Å². The van der Waals surface area contributed by atoms with Crippen LogP contribution < -0.4 is 0 Å². The van der Waals surface area contributed by atoms with Gasteiger partial charge in [0.25, 0.3) is 5.91 Å². The molecule has 3 nitrogen and oxygen atoms in total. The third-order valence-corrected chi connectivity index (χ3v) is 5.13. The maximum atomic E-state index is 12.5. The molecule has 1 saturated heterocycles. The fraction of sp³-hybridized carbons (Fsp3) is 0.316. The molecule has 0 aromatic heterocycles. The van der Waals surface area contributed by atoms with Crippen LogP contribution in [0, 0.1) is 10.5 Å². The quantitative estimate of drug-likeness (QED) is 0.710. The molecular formula is C19H21IN2O. The number of nitrogens with zero attached hydrogens (tertiary/aromatic N) is 2. The van der Waals surface area contributed by atoms with Crippen molar-refractivity contribution in [1.82, 2.24) is 9.80 Å². The largest absolute Gasteiger partial charge is 0.336 e. The molecule has 1 fully saturated rings. The van der Waals surface area contributed by atoms with Crippen LogP contribution in [0.3, 0.4) is 0 Å². The van der Waals surface area contributed by atoms with Crippen molar-refractivity contribution in [1.29, 1.82) is 0 Å². The van der Waals surface area contributed by atoms with E-state index in [2.05, 4.69) is 58.7 Å². The van der Waals surface area contributed by atoms with Gasteiger partial charge in [0.1, 0.15) is 0 Å². The number of carbonyl (C=O) groups excluding carboxylic acids is 1. The van der Waals surface area contributed by atoms with Crippen LogP contribution in [0.1, 0.15) is 21.5 Å². The summed E-state index contributed by atoms with van der Waals surface area (Å²) in [7, 11) is 0. The lowest BCUT2D eigenvalue weighted by atomic mass is 10.1. The molecule has 0 atom stereocenters. The molecule has 0 spiro atoms. The fourth-order valence-corrected chi connectivity index (χ4v) is 3.27. The van der Waals surface area contributed by atoms with E-state index < -0.39 is 0 Å². The Morgan fingerprint density at radius 2 is 1.65 bits per heavy atom. The summed E-state index contributed by atoms with van der Waals surface area (Å²) >= 11 is 2.26. The normalized spacial score (nSPS) is 15.7. The highest BCUT2D eigenvalue weighted by atomic mass is 127. The lowest BCUT2D eigenvalue weighted by Gasteiger charge is -2.35. The van der Waals surface area contributed by atoms with Gasteiger partial charge in [-0.05, 0) is 64.9 Å². The van der Waals surface area contributed by atoms with Gasteiger partial charge in [-0.1, -0.05) is 24.3 Å². The van der Waals surface area contributed by atoms with E-state index in [0.29, 0.717) is 0 Å². The van der Waals surface area contributed by atoms with E-state index >= 15 is 0 Å². The van der Waals surface area contributed by atoms with Crippen molar-refractivity contribution in [2.24, 2.45) is 0 Å². The molecule has 1 aliphatic heterocycles. The number of hydrogen-bond acceptors (Lipinski definition) is 2. The van der Waals surface area contributed by atoms with E-state index in [1.54, 1.807) is 0 Å². The highest BCUT2D eigenvalue weighted by Crippen LogP contribution is 2.15. The first-order chi connectivity index (χ1) is 11.1. The maximum Gasteiger partial charge on any atom is 0.253 e. The summed E-state index contributed by atoms with van der Waals surface area (Å²) in [5.41, 5.74) is 3.51. The second-order valence-electron chi connectivity index (χ2n) is 6.00. The number of piperazine rings is 1. The van der Waals surface area contributed by atoms with E-state index in [1.165, 1.54) is 11.1 Å². The number of hydrogen-bond donors (Lipinski definition) is 0. The molecule has 3 rings (SSSR count). The first kappa shape index (κ1) is 16.5. The predicted octanol–water partition coefficient (Wildman–Crippen LogP) is 3.56. The summed E-state index contributed by atoms with van der Waals surface area (Å²) in [5, 5.41) is 0. The van der Waals surface area contributed by atoms with Crippen LogP contribution >= 0.6 is 22.6 Å². The zero-order valence-electron chi connectivity index (χ0n) is 13.3. The fourth-order valence-electron chi connectivity index (χ4n) is 2.91. The summed E-state index contributed by atoms with van der Waals surface area (Å²) in [6, 6.07) is 16.3. The van der Waals surface area contributed by atoms with Crippen molar-refractivity contribution in [3.63, 3.8) is 0 Å². The second kappa shape index (κ2) is 7.45. The van der Waals surface area contributed by atoms with Gasteiger partial charge in [0.15, 0.2) is 0 Å². The predicted molar refractivity (Wildman–Crippen MR) is 102 cm³/mol. The monoisotopic (exact) mass is 420 g/mol. The Morgan fingerprint density at radius 1 is 1.00 bits per heavy atom. The first-order valence-corrected chi connectivity index (χ1v) is 9.03. The summed E-state index contributed by atoms with van der Waals surface area (Å²) in [6.45, 7) is 6.60. The van der Waals surface area contributed by atoms with Crippen molar-refractivity contribution in [3.05, 3.63) is 68.8 Å². The van der Waals surface area contributed by atoms with E-state index in [0.717, 1.165) is 41.9 Å². The minimum absolute atomic E-state index is 0.150. The van der Waals surface area contributed by atoms with Gasteiger partial charge in [-0.2, -0.15) is 0 Å². The van der Waals surface area contributed by atoms with E-state index in [-0.39, 0.29) is 5.91 Å². The molecule has 23 heavy (non-hydrogen) atoms. The molecule has 0 radical (unpaired) electrons. The van der Waals surface area contributed by atoms with Gasteiger partial charge in [0, 0.05) is 41.9 Å². The Kier molecular flexibility index (Phi) is 5.33. The first-order valence-electron chi connectivity index (χ1n) is 7.95. The molecule has 0 saturated carbocycles. The van der Waals surface area contributed by atoms with Crippen LogP contribution in [0.2, 0.25) is 0 Å². The van der Waals surface area contributed by atoms with Crippen LogP contribution in [0.4, 0.5) is 0 Å². The average Bonchev–Trinajstić information content (AvgIpc) is 2.58. The van der Waals surface area contributed by atoms with Gasteiger partial charge in [-0.25, -0.2) is 0 Å². The van der Waals surface area contributed by atoms with Gasteiger partial charge in [-0.15, -0.1) is 0 Å². The molecule has 4 heteroatoms. The van der Waals surface area contributed by atoms with E-state index in [1.807, 2.05) is 29.2 Å². The van der Waals surface area contributed by atoms with Crippen molar-refractivity contribution in [3.8, 4) is 0 Å². The second-order valence-corrected chi connectivity index (χ2v) is 7.25. The third kappa shape index (κ3) is 4.12. The lowest BCUT2D eigenvalue weighted by Crippen LogP contribution is -2.48. The van der Waals surface area contributed by atoms with Crippen LogP contribution in [-0.2, 0) is 6.54 Å². The van der Waals surface area contributed by atoms with Gasteiger partial charge < -0.3 is 4.90 Å². The van der Waals surface area contributed by atoms with Gasteiger partial charge in [0.2, 0.25) is 0 Å². The van der Waals surface area contributed by atoms with Crippen molar-refractivity contribution < 1.29 is 4.79 Å². The topological polar surface area (TPSA) is 23.6 Å². The SMILES string of the molecule is Cc1ccccc1CN1CCN(C(=O)c2ccc(I)cc2)CC1. The van der Waals surface area contributed by atoms with Gasteiger partial charge >= 0.3 is 0 Å². The Labute approximate surface area is 151 Å². The highest BCUT2D eigenvalue weighted by Gasteiger charge is 2.22. The summed E-state index contributed by atoms with van der Waals surface area (Å²) in [6.07, 6.45) is 0. The molecule has 1 aliphatic rings. The number of halogens is 1. The average molecular weight is 420 g/mol. The molecule has 1 heterocycles. The van der Waals surface area contributed by atoms with E-state index in [4.69, 9.17) is 0 Å². The van der Waals surface area contributed by atoms with Crippen molar-refractivity contribution >= 4 is 28.5 Å². The molecule has 0 aliphatic carbocycles. The van der Waals surface area contributed by atoms with Crippen molar-refractivity contribution in [2.75, 3.05) is 26.2 Å². The highest BCUT2D eigenvalue weighted by molar-refractivity contribution is 14.1.